The number of hydrogen-bond donors (Lipinski definition) is 2. The summed E-state index contributed by atoms with van der Waals surface area (Å²) in [5.41, 5.74) is 0. The first kappa shape index (κ1) is 16.2. The van der Waals surface area contributed by atoms with Gasteiger partial charge in [0.25, 0.3) is 0 Å². The molecule has 2 aromatic carbocycles. The van der Waals surface area contributed by atoms with Crippen LogP contribution in [0.5, 0.6) is 5.75 Å². The summed E-state index contributed by atoms with van der Waals surface area (Å²) in [4.78, 5) is 0. The molecule has 0 fully saturated rings. The molecule has 0 heterocycles. The van der Waals surface area contributed by atoms with Crippen molar-refractivity contribution in [3.8, 4) is 5.75 Å². The molecule has 0 aliphatic rings. The van der Waals surface area contributed by atoms with Crippen LogP contribution in [-0.4, -0.2) is 35.7 Å². The molecule has 0 saturated heterocycles. The molecule has 2 rings (SSSR count). The van der Waals surface area contributed by atoms with Crippen LogP contribution in [0.1, 0.15) is 0 Å². The second kappa shape index (κ2) is 7.19. The molecule has 2 atom stereocenters. The molecule has 0 aliphatic carbocycles. The van der Waals surface area contributed by atoms with Crippen LogP contribution in [0.2, 0.25) is 10.2 Å². The molecule has 0 amide bonds. The summed E-state index contributed by atoms with van der Waals surface area (Å²) in [6.45, 7) is -0.0313. The monoisotopic (exact) mass is 370 g/mol. The summed E-state index contributed by atoms with van der Waals surface area (Å²) >= 11 is 1.47. The van der Waals surface area contributed by atoms with Crippen LogP contribution in [0.3, 0.4) is 0 Å². The number of para-hydroxylation sites is 1. The Morgan fingerprint density at radius 1 is 1.14 bits per heavy atom. The van der Waals surface area contributed by atoms with Gasteiger partial charge in [-0.1, -0.05) is 0 Å². The second-order valence-electron chi connectivity index (χ2n) is 4.64. The molecule has 21 heavy (non-hydrogen) atoms. The average Bonchev–Trinajstić information content (AvgIpc) is 2.46. The Kier molecular flexibility index (Phi) is 5.54. The molecule has 2 N–H and O–H groups in total. The van der Waals surface area contributed by atoms with Crippen LogP contribution >= 0.6 is 11.6 Å². The van der Waals surface area contributed by atoms with Crippen LogP contribution in [0.25, 0.3) is 0 Å². The van der Waals surface area contributed by atoms with E-state index in [2.05, 4.69) is 0 Å². The third kappa shape index (κ3) is 4.94. The van der Waals surface area contributed by atoms with Crippen molar-refractivity contribution < 1.29 is 17.7 Å². The summed E-state index contributed by atoms with van der Waals surface area (Å²) < 4.78 is 28.1. The molecular weight excluding hydrogens is 355 g/mol. The van der Waals surface area contributed by atoms with Gasteiger partial charge in [-0.3, -0.25) is 0 Å². The van der Waals surface area contributed by atoms with E-state index in [1.54, 1.807) is 30.3 Å². The number of benzene rings is 2. The molecule has 0 saturated carbocycles. The number of ether oxygens (including phenoxy) is 1. The van der Waals surface area contributed by atoms with Crippen LogP contribution in [0.15, 0.2) is 54.6 Å². The standard InChI is InChI=1S/C15H16AsClO4/c17-13-6-4-5-12(9-13)16(19,20)10-14(18)11-21-15-7-2-1-3-8-15/h1-9,14,18H,10-11H2,(H,19,20). The van der Waals surface area contributed by atoms with E-state index in [1.165, 1.54) is 6.07 Å². The molecular formula is C15H16AsClO4. The van der Waals surface area contributed by atoms with Crippen molar-refractivity contribution in [3.05, 3.63) is 59.6 Å². The SMILES string of the molecule is O=[As](O)(CC(O)COc1ccccc1)c1cccc(Cl)c1. The number of rotatable bonds is 6. The minimum atomic E-state index is -4.35. The van der Waals surface area contributed by atoms with E-state index >= 15 is 0 Å². The van der Waals surface area contributed by atoms with Crippen LogP contribution < -0.4 is 9.09 Å². The van der Waals surface area contributed by atoms with Crippen molar-refractivity contribution in [1.82, 2.24) is 0 Å². The predicted molar refractivity (Wildman–Crippen MR) is 82.5 cm³/mol. The van der Waals surface area contributed by atoms with Gasteiger partial charge in [-0.05, 0) is 0 Å². The average molecular weight is 371 g/mol. The molecule has 0 aromatic heterocycles. The summed E-state index contributed by atoms with van der Waals surface area (Å²) in [5.74, 6) is 0.611. The third-order valence-electron chi connectivity index (χ3n) is 2.86. The molecule has 4 nitrogen and oxygen atoms in total. The zero-order valence-corrected chi connectivity index (χ0v) is 13.9. The van der Waals surface area contributed by atoms with E-state index in [0.29, 0.717) is 15.1 Å². The summed E-state index contributed by atoms with van der Waals surface area (Å²) in [6, 6.07) is 15.3. The molecule has 2 aromatic rings. The molecule has 0 spiro atoms. The van der Waals surface area contributed by atoms with Gasteiger partial charge < -0.3 is 0 Å². The maximum absolute atomic E-state index is 12.3. The normalized spacial score (nSPS) is 15.2. The molecule has 0 aliphatic heterocycles. The van der Waals surface area contributed by atoms with Crippen molar-refractivity contribution in [2.45, 2.75) is 11.3 Å². The number of hydrogen-bond acceptors (Lipinski definition) is 3. The van der Waals surface area contributed by atoms with Crippen LogP contribution in [0, 0.1) is 0 Å². The van der Waals surface area contributed by atoms with Crippen molar-refractivity contribution in [3.63, 3.8) is 0 Å². The summed E-state index contributed by atoms with van der Waals surface area (Å²) in [7, 11) is 0. The number of halogens is 1. The fourth-order valence-corrected chi connectivity index (χ4v) is 5.45. The first-order valence-corrected chi connectivity index (χ1v) is 10.7. The van der Waals surface area contributed by atoms with Crippen LogP contribution in [-0.2, 0) is 3.74 Å². The molecule has 112 valence electrons. The Balaban J connectivity index is 1.95. The molecule has 0 bridgehead atoms. The van der Waals surface area contributed by atoms with Gasteiger partial charge in [-0.2, -0.15) is 0 Å². The molecule has 2 unspecified atom stereocenters. The third-order valence-corrected chi connectivity index (χ3v) is 7.29. The van der Waals surface area contributed by atoms with Gasteiger partial charge in [0.1, 0.15) is 0 Å². The van der Waals surface area contributed by atoms with E-state index in [4.69, 9.17) is 16.3 Å². The second-order valence-corrected chi connectivity index (χ2v) is 9.87. The Morgan fingerprint density at radius 3 is 2.52 bits per heavy atom. The van der Waals surface area contributed by atoms with Gasteiger partial charge in [0.15, 0.2) is 0 Å². The Morgan fingerprint density at radius 2 is 1.86 bits per heavy atom. The van der Waals surface area contributed by atoms with Crippen molar-refractivity contribution in [2.24, 2.45) is 0 Å². The van der Waals surface area contributed by atoms with Gasteiger partial charge in [-0.25, -0.2) is 0 Å². The van der Waals surface area contributed by atoms with Crippen LogP contribution in [0.4, 0.5) is 0 Å². The van der Waals surface area contributed by atoms with E-state index < -0.39 is 19.9 Å². The number of aliphatic hydroxyl groups excluding tert-OH is 1. The van der Waals surface area contributed by atoms with E-state index in [-0.39, 0.29) is 11.8 Å². The maximum atomic E-state index is 12.3. The summed E-state index contributed by atoms with van der Waals surface area (Å²) in [5, 5.41) is 10.1. The Labute approximate surface area is 131 Å². The first-order chi connectivity index (χ1) is 9.97. The first-order valence-electron chi connectivity index (χ1n) is 6.41. The van der Waals surface area contributed by atoms with Gasteiger partial charge >= 0.3 is 131 Å². The van der Waals surface area contributed by atoms with Crippen molar-refractivity contribution in [1.29, 1.82) is 0 Å². The summed E-state index contributed by atoms with van der Waals surface area (Å²) in [6.07, 6.45) is -1.01. The van der Waals surface area contributed by atoms with Gasteiger partial charge in [0, 0.05) is 0 Å². The number of aliphatic hydroxyl groups is 1. The van der Waals surface area contributed by atoms with Gasteiger partial charge in [0.05, 0.1) is 0 Å². The van der Waals surface area contributed by atoms with Crippen molar-refractivity contribution >= 4 is 29.8 Å². The fourth-order valence-electron chi connectivity index (χ4n) is 1.85. The molecule has 6 heteroatoms. The quantitative estimate of drug-likeness (QED) is 0.762. The van der Waals surface area contributed by atoms with E-state index in [1.807, 2.05) is 18.2 Å². The van der Waals surface area contributed by atoms with E-state index in [0.717, 1.165) is 0 Å². The fraction of sp³-hybridized carbons (Fsp3) is 0.200. The van der Waals surface area contributed by atoms with E-state index in [9.17, 15) is 12.9 Å². The van der Waals surface area contributed by atoms with Gasteiger partial charge in [-0.15, -0.1) is 0 Å². The topological polar surface area (TPSA) is 66.8 Å². The zero-order valence-electron chi connectivity index (χ0n) is 11.2. The Bertz CT molecular complexity index is 633. The minimum absolute atomic E-state index is 0.0313. The van der Waals surface area contributed by atoms with Gasteiger partial charge in [0.2, 0.25) is 0 Å². The van der Waals surface area contributed by atoms with Crippen molar-refractivity contribution in [2.75, 3.05) is 6.61 Å². The predicted octanol–water partition coefficient (Wildman–Crippen LogP) is 1.85. The zero-order chi connectivity index (χ0) is 15.3. The Hall–Kier alpha value is -1.19. The molecule has 0 radical (unpaired) electrons.